The Hall–Kier alpha value is -2.58. The van der Waals surface area contributed by atoms with Crippen molar-refractivity contribution in [3.8, 4) is 11.5 Å². The van der Waals surface area contributed by atoms with E-state index in [0.717, 1.165) is 11.3 Å². The van der Waals surface area contributed by atoms with Crippen LogP contribution in [-0.4, -0.2) is 51.5 Å². The molecule has 2 aromatic carbocycles. The maximum absolute atomic E-state index is 13.0. The Labute approximate surface area is 184 Å². The number of carbonyl (C=O) groups is 1. The molecular weight excluding hydrogens is 416 g/mol. The molecule has 0 radical (unpaired) electrons. The molecule has 0 saturated carbocycles. The van der Waals surface area contributed by atoms with Crippen molar-refractivity contribution in [3.05, 3.63) is 54.1 Å². The summed E-state index contributed by atoms with van der Waals surface area (Å²) >= 11 is 0. The number of aryl methyl sites for hydroxylation is 1. The molecule has 0 bridgehead atoms. The summed E-state index contributed by atoms with van der Waals surface area (Å²) in [6.07, 6.45) is 1.30. The van der Waals surface area contributed by atoms with Gasteiger partial charge in [0.05, 0.1) is 24.0 Å². The van der Waals surface area contributed by atoms with E-state index in [1.165, 1.54) is 23.5 Å². The Morgan fingerprint density at radius 2 is 1.77 bits per heavy atom. The fraction of sp³-hybridized carbons (Fsp3) is 0.435. The smallest absolute Gasteiger partial charge is 0.243 e. The van der Waals surface area contributed by atoms with Gasteiger partial charge in [-0.3, -0.25) is 4.79 Å². The van der Waals surface area contributed by atoms with Crippen molar-refractivity contribution in [2.75, 3.05) is 26.8 Å². The first kappa shape index (κ1) is 23.1. The lowest BCUT2D eigenvalue weighted by molar-refractivity contribution is -0.126. The molecule has 31 heavy (non-hydrogen) atoms. The molecule has 2 atom stereocenters. The Morgan fingerprint density at radius 3 is 2.42 bits per heavy atom. The summed E-state index contributed by atoms with van der Waals surface area (Å²) in [6, 6.07) is 13.8. The van der Waals surface area contributed by atoms with Crippen molar-refractivity contribution in [1.29, 1.82) is 0 Å². The second kappa shape index (κ2) is 10.2. The van der Waals surface area contributed by atoms with E-state index in [4.69, 9.17) is 9.47 Å². The molecule has 1 aliphatic rings. The van der Waals surface area contributed by atoms with Crippen LogP contribution in [0.2, 0.25) is 0 Å². The van der Waals surface area contributed by atoms with Crippen LogP contribution in [-0.2, 0) is 14.8 Å². The molecule has 8 heteroatoms. The second-order valence-electron chi connectivity index (χ2n) is 7.91. The molecule has 168 valence electrons. The number of rotatable bonds is 8. The van der Waals surface area contributed by atoms with Crippen LogP contribution in [0, 0.1) is 12.8 Å². The summed E-state index contributed by atoms with van der Waals surface area (Å²) in [5.41, 5.74) is 1.15. The van der Waals surface area contributed by atoms with Crippen LogP contribution in [0.1, 0.15) is 25.3 Å². The van der Waals surface area contributed by atoms with Gasteiger partial charge in [0.1, 0.15) is 18.1 Å². The minimum Gasteiger partial charge on any atom is -0.497 e. The fourth-order valence-corrected chi connectivity index (χ4v) is 5.05. The molecule has 0 aliphatic carbocycles. The van der Waals surface area contributed by atoms with E-state index in [-0.39, 0.29) is 29.3 Å². The molecular formula is C23H30N2O5S. The van der Waals surface area contributed by atoms with Crippen molar-refractivity contribution in [2.24, 2.45) is 5.92 Å². The third kappa shape index (κ3) is 5.98. The fourth-order valence-electron chi connectivity index (χ4n) is 3.53. The van der Waals surface area contributed by atoms with Gasteiger partial charge in [0.25, 0.3) is 0 Å². The molecule has 7 nitrogen and oxygen atoms in total. The van der Waals surface area contributed by atoms with Crippen LogP contribution in [0.4, 0.5) is 0 Å². The van der Waals surface area contributed by atoms with Gasteiger partial charge in [0, 0.05) is 13.1 Å². The van der Waals surface area contributed by atoms with Gasteiger partial charge in [-0.2, -0.15) is 4.31 Å². The molecule has 1 heterocycles. The zero-order chi connectivity index (χ0) is 22.4. The number of hydrogen-bond acceptors (Lipinski definition) is 5. The van der Waals surface area contributed by atoms with Gasteiger partial charge in [-0.1, -0.05) is 17.7 Å². The summed E-state index contributed by atoms with van der Waals surface area (Å²) in [6.45, 7) is 4.81. The highest BCUT2D eigenvalue weighted by atomic mass is 32.2. The van der Waals surface area contributed by atoms with Crippen LogP contribution in [0.15, 0.2) is 53.4 Å². The van der Waals surface area contributed by atoms with E-state index >= 15 is 0 Å². The van der Waals surface area contributed by atoms with E-state index in [1.54, 1.807) is 12.1 Å². The minimum atomic E-state index is -3.66. The van der Waals surface area contributed by atoms with Gasteiger partial charge in [0.15, 0.2) is 0 Å². The normalized spacial score (nSPS) is 18.2. The number of nitrogens with one attached hydrogen (secondary N) is 1. The predicted octanol–water partition coefficient (Wildman–Crippen LogP) is 2.99. The Morgan fingerprint density at radius 1 is 1.13 bits per heavy atom. The first-order chi connectivity index (χ1) is 14.8. The summed E-state index contributed by atoms with van der Waals surface area (Å²) in [4.78, 5) is 13.0. The van der Waals surface area contributed by atoms with Crippen LogP contribution in [0.3, 0.4) is 0 Å². The van der Waals surface area contributed by atoms with E-state index in [1.807, 2.05) is 38.1 Å². The summed E-state index contributed by atoms with van der Waals surface area (Å²) < 4.78 is 38.2. The molecule has 1 saturated heterocycles. The van der Waals surface area contributed by atoms with Crippen molar-refractivity contribution in [1.82, 2.24) is 9.62 Å². The molecule has 2 aromatic rings. The highest BCUT2D eigenvalue weighted by molar-refractivity contribution is 7.89. The van der Waals surface area contributed by atoms with Gasteiger partial charge < -0.3 is 14.8 Å². The lowest BCUT2D eigenvalue weighted by Crippen LogP contribution is -2.48. The Kier molecular flexibility index (Phi) is 7.56. The summed E-state index contributed by atoms with van der Waals surface area (Å²) in [5, 5.41) is 2.96. The number of methoxy groups -OCH3 is 1. The van der Waals surface area contributed by atoms with Gasteiger partial charge in [-0.05, 0) is 63.1 Å². The number of ether oxygens (including phenoxy) is 2. The molecule has 1 amide bonds. The van der Waals surface area contributed by atoms with Gasteiger partial charge in [-0.25, -0.2) is 8.42 Å². The van der Waals surface area contributed by atoms with Crippen LogP contribution in [0.25, 0.3) is 0 Å². The summed E-state index contributed by atoms with van der Waals surface area (Å²) in [5.74, 6) is 0.816. The van der Waals surface area contributed by atoms with Crippen molar-refractivity contribution < 1.29 is 22.7 Å². The Balaban J connectivity index is 1.56. The molecule has 0 aromatic heterocycles. The highest BCUT2D eigenvalue weighted by Gasteiger charge is 2.33. The highest BCUT2D eigenvalue weighted by Crippen LogP contribution is 2.25. The molecule has 0 unspecified atom stereocenters. The lowest BCUT2D eigenvalue weighted by atomic mass is 9.98. The average molecular weight is 447 g/mol. The number of benzene rings is 2. The maximum atomic E-state index is 13.0. The zero-order valence-electron chi connectivity index (χ0n) is 18.2. The van der Waals surface area contributed by atoms with Crippen LogP contribution >= 0.6 is 0 Å². The molecule has 1 fully saturated rings. The Bertz CT molecular complexity index is 974. The minimum absolute atomic E-state index is 0.144. The van der Waals surface area contributed by atoms with Gasteiger partial charge in [-0.15, -0.1) is 0 Å². The second-order valence-corrected chi connectivity index (χ2v) is 9.85. The van der Waals surface area contributed by atoms with E-state index < -0.39 is 10.0 Å². The first-order valence-corrected chi connectivity index (χ1v) is 11.9. The van der Waals surface area contributed by atoms with E-state index in [0.29, 0.717) is 31.7 Å². The maximum Gasteiger partial charge on any atom is 0.243 e. The summed E-state index contributed by atoms with van der Waals surface area (Å²) in [7, 11) is -2.13. The SMILES string of the molecule is COc1ccc(S(=O)(=O)N2CCC[C@H](C(=O)N[C@H](C)COc3ccc(C)cc3)C2)cc1. The largest absolute Gasteiger partial charge is 0.497 e. The zero-order valence-corrected chi connectivity index (χ0v) is 19.0. The van der Waals surface area contributed by atoms with Gasteiger partial charge >= 0.3 is 0 Å². The monoisotopic (exact) mass is 446 g/mol. The first-order valence-electron chi connectivity index (χ1n) is 10.4. The molecule has 3 rings (SSSR count). The topological polar surface area (TPSA) is 84.9 Å². The van der Waals surface area contributed by atoms with Crippen molar-refractivity contribution in [2.45, 2.75) is 37.6 Å². The molecule has 1 N–H and O–H groups in total. The number of carbonyl (C=O) groups excluding carboxylic acids is 1. The standard InChI is InChI=1S/C23H30N2O5S/c1-17-6-8-21(9-7-17)30-16-18(2)24-23(26)19-5-4-14-25(15-19)31(27,28)22-12-10-20(29-3)11-13-22/h6-13,18-19H,4-5,14-16H2,1-3H3,(H,24,26)/t18-,19+/m1/s1. The van der Waals surface area contributed by atoms with Gasteiger partial charge in [0.2, 0.25) is 15.9 Å². The number of sulfonamides is 1. The number of hydrogen-bond donors (Lipinski definition) is 1. The predicted molar refractivity (Wildman–Crippen MR) is 119 cm³/mol. The third-order valence-electron chi connectivity index (χ3n) is 5.36. The number of nitrogens with zero attached hydrogens (tertiary/aromatic N) is 1. The number of piperidine rings is 1. The lowest BCUT2D eigenvalue weighted by Gasteiger charge is -2.31. The van der Waals surface area contributed by atoms with E-state index in [9.17, 15) is 13.2 Å². The molecule has 1 aliphatic heterocycles. The van der Waals surface area contributed by atoms with Crippen LogP contribution < -0.4 is 14.8 Å². The average Bonchev–Trinajstić information content (AvgIpc) is 2.78. The third-order valence-corrected chi connectivity index (χ3v) is 7.24. The van der Waals surface area contributed by atoms with Crippen LogP contribution in [0.5, 0.6) is 11.5 Å². The quantitative estimate of drug-likeness (QED) is 0.674. The van der Waals surface area contributed by atoms with E-state index in [2.05, 4.69) is 5.32 Å². The molecule has 0 spiro atoms. The van der Waals surface area contributed by atoms with Crippen molar-refractivity contribution in [3.63, 3.8) is 0 Å². The number of amides is 1. The van der Waals surface area contributed by atoms with Crippen molar-refractivity contribution >= 4 is 15.9 Å².